The normalized spacial score (nSPS) is 19.5. The standard InChI is InChI=1S/C16H12Cl2N4O6S2/c1-8-15(16(23)22(21-8)9-3-2-4-10(5-9)29(24)25)20-19-13-6-11(17)12(18)7-14(13)30(26,27)28/h2-4,6-7,15H,5H2,1H3,(H,26,27,28). The van der Waals surface area contributed by atoms with Gasteiger partial charge in [0.2, 0.25) is 10.3 Å². The molecule has 1 atom stereocenters. The molecule has 1 aromatic rings. The Bertz CT molecular complexity index is 1310. The maximum atomic E-state index is 12.7. The molecule has 30 heavy (non-hydrogen) atoms. The van der Waals surface area contributed by atoms with Crippen molar-refractivity contribution in [3.05, 3.63) is 46.1 Å². The first-order valence-electron chi connectivity index (χ1n) is 8.08. The van der Waals surface area contributed by atoms with Crippen LogP contribution in [0.15, 0.2) is 56.3 Å². The van der Waals surface area contributed by atoms with Crippen molar-refractivity contribution >= 4 is 65.8 Å². The predicted molar refractivity (Wildman–Crippen MR) is 110 cm³/mol. The van der Waals surface area contributed by atoms with Gasteiger partial charge in [-0.15, -0.1) is 0 Å². The minimum atomic E-state index is -4.69. The zero-order valence-electron chi connectivity index (χ0n) is 15.0. The van der Waals surface area contributed by atoms with Crippen LogP contribution in [0.2, 0.25) is 10.0 Å². The summed E-state index contributed by atoms with van der Waals surface area (Å²) in [7, 11) is -7.13. The van der Waals surface area contributed by atoms with Crippen LogP contribution < -0.4 is 0 Å². The zero-order valence-corrected chi connectivity index (χ0v) is 18.2. The van der Waals surface area contributed by atoms with Crippen molar-refractivity contribution in [2.45, 2.75) is 24.3 Å². The summed E-state index contributed by atoms with van der Waals surface area (Å²) < 4.78 is 54.9. The highest BCUT2D eigenvalue weighted by Crippen LogP contribution is 2.34. The molecule has 1 heterocycles. The Morgan fingerprint density at radius 2 is 1.93 bits per heavy atom. The molecule has 3 rings (SSSR count). The number of benzene rings is 1. The van der Waals surface area contributed by atoms with Crippen LogP contribution in [-0.4, -0.2) is 48.9 Å². The highest BCUT2D eigenvalue weighted by molar-refractivity contribution is 7.86. The molecule has 1 aromatic carbocycles. The van der Waals surface area contributed by atoms with E-state index in [0.717, 1.165) is 17.1 Å². The molecule has 0 bridgehead atoms. The van der Waals surface area contributed by atoms with E-state index in [4.69, 9.17) is 23.2 Å². The van der Waals surface area contributed by atoms with Crippen LogP contribution in [0.3, 0.4) is 0 Å². The van der Waals surface area contributed by atoms with Gasteiger partial charge in [-0.25, -0.2) is 5.01 Å². The van der Waals surface area contributed by atoms with E-state index in [2.05, 4.69) is 15.3 Å². The molecule has 2 aliphatic rings. The first-order valence-corrected chi connectivity index (χ1v) is 11.3. The summed E-state index contributed by atoms with van der Waals surface area (Å²) in [6.45, 7) is 1.51. The maximum absolute atomic E-state index is 12.7. The van der Waals surface area contributed by atoms with Crippen molar-refractivity contribution in [2.75, 3.05) is 0 Å². The minimum absolute atomic E-state index is 0.0291. The van der Waals surface area contributed by atoms with Gasteiger partial charge in [0.1, 0.15) is 10.6 Å². The predicted octanol–water partition coefficient (Wildman–Crippen LogP) is 2.81. The summed E-state index contributed by atoms with van der Waals surface area (Å²) in [4.78, 5) is 12.2. The lowest BCUT2D eigenvalue weighted by atomic mass is 10.1. The van der Waals surface area contributed by atoms with Gasteiger partial charge in [0, 0.05) is 6.42 Å². The first kappa shape index (κ1) is 22.3. The average molecular weight is 491 g/mol. The lowest BCUT2D eigenvalue weighted by Crippen LogP contribution is -2.30. The Balaban J connectivity index is 1.92. The lowest BCUT2D eigenvalue weighted by molar-refractivity contribution is -0.127. The molecule has 1 N–H and O–H groups in total. The van der Waals surface area contributed by atoms with E-state index in [1.807, 2.05) is 0 Å². The molecule has 0 saturated carbocycles. The van der Waals surface area contributed by atoms with E-state index in [-0.39, 0.29) is 32.7 Å². The van der Waals surface area contributed by atoms with Crippen LogP contribution >= 0.6 is 23.2 Å². The molecular weight excluding hydrogens is 479 g/mol. The molecule has 0 aromatic heterocycles. The SMILES string of the molecule is CC1=NN(C2=CC=CC(=S(=O)=O)C2)C(=O)C1N=Nc1cc(Cl)c(Cl)cc1S(=O)(=O)O. The van der Waals surface area contributed by atoms with Gasteiger partial charge in [-0.2, -0.15) is 32.2 Å². The van der Waals surface area contributed by atoms with Crippen molar-refractivity contribution in [3.63, 3.8) is 0 Å². The van der Waals surface area contributed by atoms with Crippen molar-refractivity contribution in [1.82, 2.24) is 5.01 Å². The number of hydrogen-bond acceptors (Lipinski definition) is 8. The van der Waals surface area contributed by atoms with E-state index in [1.54, 1.807) is 6.08 Å². The molecule has 1 aliphatic carbocycles. The summed E-state index contributed by atoms with van der Waals surface area (Å²) >= 11 is 11.7. The third-order valence-electron chi connectivity index (χ3n) is 4.07. The number of azo groups is 1. The van der Waals surface area contributed by atoms with Crippen molar-refractivity contribution in [2.24, 2.45) is 15.3 Å². The fraction of sp³-hybridized carbons (Fsp3) is 0.188. The fourth-order valence-electron chi connectivity index (χ4n) is 2.64. The molecule has 1 aliphatic heterocycles. The zero-order chi connectivity index (χ0) is 22.2. The van der Waals surface area contributed by atoms with Gasteiger partial charge < -0.3 is 0 Å². The third kappa shape index (κ3) is 4.52. The number of carbonyl (C=O) groups excluding carboxylic acids is 1. The van der Waals surface area contributed by atoms with Crippen molar-refractivity contribution < 1.29 is 26.2 Å². The van der Waals surface area contributed by atoms with Crippen LogP contribution in [-0.2, 0) is 25.2 Å². The van der Waals surface area contributed by atoms with E-state index in [9.17, 15) is 26.2 Å². The number of nitrogens with zero attached hydrogens (tertiary/aromatic N) is 4. The summed E-state index contributed by atoms with van der Waals surface area (Å²) in [5.74, 6) is -0.609. The molecule has 14 heteroatoms. The second-order valence-corrected chi connectivity index (χ2v) is 9.31. The van der Waals surface area contributed by atoms with Crippen molar-refractivity contribution in [3.8, 4) is 0 Å². The number of carbonyl (C=O) groups is 1. The Kier molecular flexibility index (Phi) is 6.24. The molecule has 0 saturated heterocycles. The lowest BCUT2D eigenvalue weighted by Gasteiger charge is -2.17. The number of rotatable bonds is 4. The monoisotopic (exact) mass is 490 g/mol. The largest absolute Gasteiger partial charge is 0.296 e. The van der Waals surface area contributed by atoms with Gasteiger partial charge in [-0.1, -0.05) is 29.3 Å². The number of hydrogen-bond donors (Lipinski definition) is 1. The van der Waals surface area contributed by atoms with Crippen LogP contribution in [0.5, 0.6) is 0 Å². The molecular formula is C16H12Cl2N4O6S2. The highest BCUT2D eigenvalue weighted by Gasteiger charge is 2.36. The van der Waals surface area contributed by atoms with Crippen LogP contribution in [0, 0.1) is 0 Å². The maximum Gasteiger partial charge on any atom is 0.296 e. The number of allylic oxidation sites excluding steroid dienone is 4. The molecule has 1 amide bonds. The minimum Gasteiger partial charge on any atom is -0.282 e. The van der Waals surface area contributed by atoms with Crippen molar-refractivity contribution in [1.29, 1.82) is 0 Å². The fourth-order valence-corrected chi connectivity index (χ4v) is 4.11. The highest BCUT2D eigenvalue weighted by atomic mass is 35.5. The molecule has 0 radical (unpaired) electrons. The van der Waals surface area contributed by atoms with Gasteiger partial charge in [-0.05, 0) is 31.2 Å². The smallest absolute Gasteiger partial charge is 0.282 e. The average Bonchev–Trinajstić information content (AvgIpc) is 2.95. The van der Waals surface area contributed by atoms with Crippen LogP contribution in [0.25, 0.3) is 0 Å². The molecule has 1 unspecified atom stereocenters. The van der Waals surface area contributed by atoms with E-state index < -0.39 is 37.3 Å². The van der Waals surface area contributed by atoms with Gasteiger partial charge in [0.15, 0.2) is 6.04 Å². The Labute approximate surface area is 182 Å². The number of halogens is 2. The molecule has 0 fully saturated rings. The van der Waals surface area contributed by atoms with E-state index in [0.29, 0.717) is 5.70 Å². The summed E-state index contributed by atoms with van der Waals surface area (Å²) in [5, 5.41) is 12.6. The van der Waals surface area contributed by atoms with Gasteiger partial charge in [-0.3, -0.25) is 9.35 Å². The molecule has 158 valence electrons. The Hall–Kier alpha value is -2.38. The van der Waals surface area contributed by atoms with E-state index >= 15 is 0 Å². The molecule has 10 nitrogen and oxygen atoms in total. The number of hydrazone groups is 1. The Morgan fingerprint density at radius 3 is 2.57 bits per heavy atom. The summed E-state index contributed by atoms with van der Waals surface area (Å²) in [5.41, 5.74) is 0.257. The second-order valence-electron chi connectivity index (χ2n) is 6.11. The third-order valence-corrected chi connectivity index (χ3v) is 6.38. The van der Waals surface area contributed by atoms with Gasteiger partial charge in [0.25, 0.3) is 16.0 Å². The summed E-state index contributed by atoms with van der Waals surface area (Å²) in [6, 6.07) is 0.817. The van der Waals surface area contributed by atoms with Gasteiger partial charge >= 0.3 is 0 Å². The first-order chi connectivity index (χ1) is 14.0. The van der Waals surface area contributed by atoms with Crippen LogP contribution in [0.4, 0.5) is 5.69 Å². The van der Waals surface area contributed by atoms with Crippen LogP contribution in [0.1, 0.15) is 13.3 Å². The topological polar surface area (TPSA) is 146 Å². The van der Waals surface area contributed by atoms with E-state index in [1.165, 1.54) is 19.1 Å². The van der Waals surface area contributed by atoms with Gasteiger partial charge in [0.05, 0.1) is 26.3 Å². The number of amides is 1. The molecule has 0 spiro atoms. The summed E-state index contributed by atoms with van der Waals surface area (Å²) in [6.07, 6.45) is 4.39. The Morgan fingerprint density at radius 1 is 1.27 bits per heavy atom. The quantitative estimate of drug-likeness (QED) is 0.389. The second kappa shape index (κ2) is 8.40.